The van der Waals surface area contributed by atoms with Crippen LogP contribution in [0, 0.1) is 5.82 Å². The van der Waals surface area contributed by atoms with Crippen molar-refractivity contribution in [2.45, 2.75) is 31.6 Å². The number of rotatable bonds is 3. The Morgan fingerprint density at radius 3 is 2.53 bits per heavy atom. The molecule has 0 saturated carbocycles. The first kappa shape index (κ1) is 14.3. The Kier molecular flexibility index (Phi) is 4.42. The summed E-state index contributed by atoms with van der Waals surface area (Å²) >= 11 is 0. The molecule has 0 atom stereocenters. The smallest absolute Gasteiger partial charge is 0.381 e. The van der Waals surface area contributed by atoms with Crippen molar-refractivity contribution in [1.82, 2.24) is 5.32 Å². The number of benzene rings is 1. The van der Waals surface area contributed by atoms with E-state index in [0.717, 1.165) is 31.0 Å². The van der Waals surface area contributed by atoms with E-state index in [-0.39, 0.29) is 18.2 Å². The average molecular weight is 277 g/mol. The number of nitrogens with one attached hydrogen (secondary N) is 1. The van der Waals surface area contributed by atoms with Gasteiger partial charge in [0, 0.05) is 31.4 Å². The summed E-state index contributed by atoms with van der Waals surface area (Å²) in [5, 5.41) is 3.07. The van der Waals surface area contributed by atoms with Gasteiger partial charge in [-0.15, -0.1) is 0 Å². The first-order valence-electron chi connectivity index (χ1n) is 6.13. The van der Waals surface area contributed by atoms with Crippen LogP contribution >= 0.6 is 0 Å². The summed E-state index contributed by atoms with van der Waals surface area (Å²) in [5.41, 5.74) is -0.779. The molecular weight excluding hydrogens is 262 g/mol. The molecule has 0 aromatic heterocycles. The fraction of sp³-hybridized carbons (Fsp3) is 0.538. The maximum absolute atomic E-state index is 13.5. The molecule has 106 valence electrons. The van der Waals surface area contributed by atoms with Gasteiger partial charge in [-0.05, 0) is 31.0 Å². The van der Waals surface area contributed by atoms with E-state index in [1.54, 1.807) is 0 Å². The zero-order valence-corrected chi connectivity index (χ0v) is 10.3. The molecule has 1 N–H and O–H groups in total. The highest BCUT2D eigenvalue weighted by Crippen LogP contribution is 2.30. The minimum absolute atomic E-state index is 0.0429. The highest BCUT2D eigenvalue weighted by molar-refractivity contribution is 5.27. The molecule has 0 unspecified atom stereocenters. The molecule has 1 heterocycles. The SMILES string of the molecule is Fc1ccc(C(F)(F)F)cc1CNC1CCOCC1. The molecule has 19 heavy (non-hydrogen) atoms. The fourth-order valence-corrected chi connectivity index (χ4v) is 2.04. The summed E-state index contributed by atoms with van der Waals surface area (Å²) in [5.74, 6) is -0.618. The van der Waals surface area contributed by atoms with Crippen LogP contribution in [0.25, 0.3) is 0 Å². The zero-order chi connectivity index (χ0) is 13.9. The van der Waals surface area contributed by atoms with E-state index in [1.165, 1.54) is 0 Å². The van der Waals surface area contributed by atoms with Gasteiger partial charge >= 0.3 is 6.18 Å². The van der Waals surface area contributed by atoms with Crippen molar-refractivity contribution in [3.63, 3.8) is 0 Å². The van der Waals surface area contributed by atoms with E-state index >= 15 is 0 Å². The summed E-state index contributed by atoms with van der Waals surface area (Å²) in [7, 11) is 0. The molecule has 1 fully saturated rings. The highest BCUT2D eigenvalue weighted by Gasteiger charge is 2.31. The molecule has 1 aromatic carbocycles. The first-order chi connectivity index (χ1) is 8.97. The van der Waals surface area contributed by atoms with E-state index in [4.69, 9.17) is 4.74 Å². The third-order valence-corrected chi connectivity index (χ3v) is 3.18. The molecule has 1 aromatic rings. The van der Waals surface area contributed by atoms with Crippen LogP contribution in [-0.2, 0) is 17.5 Å². The molecule has 6 heteroatoms. The van der Waals surface area contributed by atoms with Gasteiger partial charge in [-0.25, -0.2) is 4.39 Å². The van der Waals surface area contributed by atoms with Crippen molar-refractivity contribution >= 4 is 0 Å². The van der Waals surface area contributed by atoms with E-state index in [9.17, 15) is 17.6 Å². The normalized spacial score (nSPS) is 17.7. The molecule has 0 bridgehead atoms. The molecule has 0 radical (unpaired) electrons. The van der Waals surface area contributed by atoms with Crippen LogP contribution in [-0.4, -0.2) is 19.3 Å². The largest absolute Gasteiger partial charge is 0.416 e. The molecule has 1 saturated heterocycles. The molecule has 2 rings (SSSR count). The molecular formula is C13H15F4NO. The van der Waals surface area contributed by atoms with Crippen molar-refractivity contribution < 1.29 is 22.3 Å². The first-order valence-corrected chi connectivity index (χ1v) is 6.13. The standard InChI is InChI=1S/C13H15F4NO/c14-12-2-1-10(13(15,16)17)7-9(12)8-18-11-3-5-19-6-4-11/h1-2,7,11,18H,3-6,8H2. The van der Waals surface area contributed by atoms with Gasteiger partial charge in [-0.3, -0.25) is 0 Å². The predicted octanol–water partition coefficient (Wildman–Crippen LogP) is 3.11. The summed E-state index contributed by atoms with van der Waals surface area (Å²) in [6.45, 7) is 1.35. The fourth-order valence-electron chi connectivity index (χ4n) is 2.04. The Labute approximate surface area is 108 Å². The molecule has 1 aliphatic heterocycles. The van der Waals surface area contributed by atoms with E-state index in [0.29, 0.717) is 13.2 Å². The molecule has 0 aliphatic carbocycles. The third kappa shape index (κ3) is 3.91. The Bertz CT molecular complexity index is 427. The summed E-state index contributed by atoms with van der Waals surface area (Å²) < 4.78 is 56.3. The number of hydrogen-bond acceptors (Lipinski definition) is 2. The Hall–Kier alpha value is -1.14. The molecule has 1 aliphatic rings. The lowest BCUT2D eigenvalue weighted by molar-refractivity contribution is -0.137. The highest BCUT2D eigenvalue weighted by atomic mass is 19.4. The van der Waals surface area contributed by atoms with Crippen molar-refractivity contribution in [2.24, 2.45) is 0 Å². The van der Waals surface area contributed by atoms with Crippen molar-refractivity contribution in [2.75, 3.05) is 13.2 Å². The van der Waals surface area contributed by atoms with E-state index in [1.807, 2.05) is 0 Å². The van der Waals surface area contributed by atoms with Crippen LogP contribution in [0.3, 0.4) is 0 Å². The van der Waals surface area contributed by atoms with Crippen LogP contribution in [0.15, 0.2) is 18.2 Å². The summed E-state index contributed by atoms with van der Waals surface area (Å²) in [6.07, 6.45) is -2.86. The van der Waals surface area contributed by atoms with Crippen molar-refractivity contribution in [1.29, 1.82) is 0 Å². The van der Waals surface area contributed by atoms with Gasteiger partial charge in [-0.2, -0.15) is 13.2 Å². The zero-order valence-electron chi connectivity index (χ0n) is 10.3. The Morgan fingerprint density at radius 2 is 1.89 bits per heavy atom. The van der Waals surface area contributed by atoms with Gasteiger partial charge in [-0.1, -0.05) is 0 Å². The van der Waals surface area contributed by atoms with Crippen LogP contribution < -0.4 is 5.32 Å². The van der Waals surface area contributed by atoms with Gasteiger partial charge in [0.2, 0.25) is 0 Å². The van der Waals surface area contributed by atoms with E-state index in [2.05, 4.69) is 5.32 Å². The van der Waals surface area contributed by atoms with Crippen LogP contribution in [0.2, 0.25) is 0 Å². The Balaban J connectivity index is 2.02. The number of ether oxygens (including phenoxy) is 1. The third-order valence-electron chi connectivity index (χ3n) is 3.18. The quantitative estimate of drug-likeness (QED) is 0.857. The Morgan fingerprint density at radius 1 is 1.21 bits per heavy atom. The van der Waals surface area contributed by atoms with E-state index < -0.39 is 17.6 Å². The predicted molar refractivity (Wildman–Crippen MR) is 62.1 cm³/mol. The van der Waals surface area contributed by atoms with Crippen molar-refractivity contribution in [3.8, 4) is 0 Å². The van der Waals surface area contributed by atoms with Gasteiger partial charge in [0.05, 0.1) is 5.56 Å². The minimum Gasteiger partial charge on any atom is -0.381 e. The van der Waals surface area contributed by atoms with Crippen LogP contribution in [0.1, 0.15) is 24.0 Å². The number of alkyl halides is 3. The lowest BCUT2D eigenvalue weighted by atomic mass is 10.1. The second-order valence-electron chi connectivity index (χ2n) is 4.57. The van der Waals surface area contributed by atoms with Crippen LogP contribution in [0.4, 0.5) is 17.6 Å². The van der Waals surface area contributed by atoms with Crippen LogP contribution in [0.5, 0.6) is 0 Å². The second kappa shape index (κ2) is 5.88. The topological polar surface area (TPSA) is 21.3 Å². The van der Waals surface area contributed by atoms with Gasteiger partial charge < -0.3 is 10.1 Å². The monoisotopic (exact) mass is 277 g/mol. The molecule has 0 spiro atoms. The summed E-state index contributed by atoms with van der Waals surface area (Å²) in [6, 6.07) is 2.65. The molecule has 2 nitrogen and oxygen atoms in total. The number of hydrogen-bond donors (Lipinski definition) is 1. The van der Waals surface area contributed by atoms with Gasteiger partial charge in [0.15, 0.2) is 0 Å². The maximum Gasteiger partial charge on any atom is 0.416 e. The minimum atomic E-state index is -4.44. The maximum atomic E-state index is 13.5. The van der Waals surface area contributed by atoms with Gasteiger partial charge in [0.25, 0.3) is 0 Å². The van der Waals surface area contributed by atoms with Crippen molar-refractivity contribution in [3.05, 3.63) is 35.1 Å². The lowest BCUT2D eigenvalue weighted by Gasteiger charge is -2.23. The lowest BCUT2D eigenvalue weighted by Crippen LogP contribution is -2.34. The average Bonchev–Trinajstić information content (AvgIpc) is 2.37. The number of halogens is 4. The van der Waals surface area contributed by atoms with Gasteiger partial charge in [0.1, 0.15) is 5.82 Å². The molecule has 0 amide bonds. The second-order valence-corrected chi connectivity index (χ2v) is 4.57. The summed E-state index contributed by atoms with van der Waals surface area (Å²) in [4.78, 5) is 0.